The number of rotatable bonds is 5. The Morgan fingerprint density at radius 1 is 1.30 bits per heavy atom. The molecule has 0 spiro atoms. The Bertz CT molecular complexity index is 634. The van der Waals surface area contributed by atoms with Crippen LogP contribution in [0.15, 0.2) is 36.7 Å². The summed E-state index contributed by atoms with van der Waals surface area (Å²) in [4.78, 5) is 14.4. The van der Waals surface area contributed by atoms with Crippen molar-refractivity contribution in [3.05, 3.63) is 52.3 Å². The third-order valence-electron chi connectivity index (χ3n) is 2.51. The molecule has 0 aliphatic heterocycles. The number of halogens is 1. The average Bonchev–Trinajstić information content (AvgIpc) is 2.47. The summed E-state index contributed by atoms with van der Waals surface area (Å²) < 4.78 is 10.5. The molecule has 1 aromatic carbocycles. The van der Waals surface area contributed by atoms with Crippen LogP contribution in [-0.2, 0) is 5.88 Å². The smallest absolute Gasteiger partial charge is 0.314 e. The molecule has 0 bridgehead atoms. The van der Waals surface area contributed by atoms with E-state index in [4.69, 9.17) is 21.1 Å². The molecule has 104 valence electrons. The molecule has 1 aromatic heterocycles. The van der Waals surface area contributed by atoms with Gasteiger partial charge in [-0.25, -0.2) is 0 Å². The van der Waals surface area contributed by atoms with Gasteiger partial charge in [0, 0.05) is 12.1 Å². The van der Waals surface area contributed by atoms with Crippen molar-refractivity contribution in [2.24, 2.45) is 0 Å². The predicted octanol–water partition coefficient (Wildman–Crippen LogP) is 3.53. The molecular weight excluding hydrogens is 284 g/mol. The lowest BCUT2D eigenvalue weighted by atomic mass is 10.2. The van der Waals surface area contributed by atoms with Crippen molar-refractivity contribution in [1.82, 2.24) is 4.98 Å². The highest BCUT2D eigenvalue weighted by atomic mass is 35.5. The lowest BCUT2D eigenvalue weighted by molar-refractivity contribution is -0.385. The number of ether oxygens (including phenoxy) is 2. The minimum absolute atomic E-state index is 0.161. The number of nitrogens with zero attached hydrogens (tertiary/aromatic N) is 2. The lowest BCUT2D eigenvalue weighted by Gasteiger charge is -2.07. The normalized spacial score (nSPS) is 10.1. The number of benzene rings is 1. The van der Waals surface area contributed by atoms with Gasteiger partial charge in [-0.2, -0.15) is 0 Å². The van der Waals surface area contributed by atoms with Gasteiger partial charge in [-0.3, -0.25) is 15.1 Å². The highest BCUT2D eigenvalue weighted by Gasteiger charge is 2.16. The summed E-state index contributed by atoms with van der Waals surface area (Å²) in [6.07, 6.45) is 3.13. The van der Waals surface area contributed by atoms with E-state index in [-0.39, 0.29) is 11.4 Å². The maximum atomic E-state index is 10.9. The summed E-state index contributed by atoms with van der Waals surface area (Å²) in [5, 5.41) is 10.9. The third-order valence-corrected chi connectivity index (χ3v) is 2.82. The van der Waals surface area contributed by atoms with Crippen LogP contribution in [0.5, 0.6) is 17.2 Å². The third kappa shape index (κ3) is 3.16. The summed E-state index contributed by atoms with van der Waals surface area (Å²) >= 11 is 5.71. The second-order valence-electron chi connectivity index (χ2n) is 3.86. The Morgan fingerprint density at radius 3 is 2.75 bits per heavy atom. The maximum absolute atomic E-state index is 10.9. The molecule has 0 aliphatic carbocycles. The van der Waals surface area contributed by atoms with Crippen LogP contribution < -0.4 is 9.47 Å². The van der Waals surface area contributed by atoms with E-state index in [1.54, 1.807) is 18.3 Å². The van der Waals surface area contributed by atoms with Gasteiger partial charge in [0.15, 0.2) is 5.75 Å². The van der Waals surface area contributed by atoms with E-state index in [2.05, 4.69) is 4.98 Å². The Balaban J connectivity index is 2.29. The fourth-order valence-corrected chi connectivity index (χ4v) is 1.75. The Kier molecular flexibility index (Phi) is 4.37. The molecule has 2 aromatic rings. The summed E-state index contributed by atoms with van der Waals surface area (Å²) in [5.41, 5.74) is 0.638. The second kappa shape index (κ2) is 6.21. The first-order valence-corrected chi connectivity index (χ1v) is 6.17. The number of nitro benzene ring substituents is 1. The molecule has 0 amide bonds. The molecule has 0 fully saturated rings. The largest absolute Gasteiger partial charge is 0.490 e. The highest BCUT2D eigenvalue weighted by Crippen LogP contribution is 2.32. The fraction of sp³-hybridized carbons (Fsp3) is 0.154. The van der Waals surface area contributed by atoms with Gasteiger partial charge in [0.25, 0.3) is 0 Å². The van der Waals surface area contributed by atoms with Gasteiger partial charge >= 0.3 is 5.69 Å². The summed E-state index contributed by atoms with van der Waals surface area (Å²) in [6.45, 7) is 0. The van der Waals surface area contributed by atoms with E-state index in [0.29, 0.717) is 17.4 Å². The first-order chi connectivity index (χ1) is 9.63. The molecule has 7 heteroatoms. The molecule has 0 N–H and O–H groups in total. The van der Waals surface area contributed by atoms with Crippen LogP contribution in [-0.4, -0.2) is 17.0 Å². The van der Waals surface area contributed by atoms with Crippen molar-refractivity contribution in [1.29, 1.82) is 0 Å². The molecule has 0 unspecified atom stereocenters. The second-order valence-corrected chi connectivity index (χ2v) is 4.12. The minimum Gasteiger partial charge on any atom is -0.490 e. The van der Waals surface area contributed by atoms with E-state index < -0.39 is 4.92 Å². The van der Waals surface area contributed by atoms with Crippen LogP contribution in [0.3, 0.4) is 0 Å². The van der Waals surface area contributed by atoms with Crippen molar-refractivity contribution >= 4 is 17.3 Å². The van der Waals surface area contributed by atoms with E-state index in [1.165, 1.54) is 25.4 Å². The number of hydrogen-bond acceptors (Lipinski definition) is 5. The first kappa shape index (κ1) is 14.1. The molecule has 0 saturated carbocycles. The Labute approximate surface area is 120 Å². The predicted molar refractivity (Wildman–Crippen MR) is 73.5 cm³/mol. The van der Waals surface area contributed by atoms with Gasteiger partial charge in [0.2, 0.25) is 0 Å². The van der Waals surface area contributed by atoms with Crippen LogP contribution >= 0.6 is 11.6 Å². The zero-order chi connectivity index (χ0) is 14.5. The van der Waals surface area contributed by atoms with Crippen molar-refractivity contribution in [2.45, 2.75) is 5.88 Å². The number of hydrogen-bond donors (Lipinski definition) is 0. The van der Waals surface area contributed by atoms with E-state index in [1.807, 2.05) is 0 Å². The molecule has 0 radical (unpaired) electrons. The first-order valence-electron chi connectivity index (χ1n) is 5.64. The van der Waals surface area contributed by atoms with Gasteiger partial charge in [-0.1, -0.05) is 0 Å². The van der Waals surface area contributed by atoms with Crippen LogP contribution in [0, 0.1) is 10.1 Å². The number of nitro groups is 1. The van der Waals surface area contributed by atoms with Crippen LogP contribution in [0.1, 0.15) is 5.56 Å². The maximum Gasteiger partial charge on any atom is 0.314 e. The van der Waals surface area contributed by atoms with Crippen molar-refractivity contribution in [3.8, 4) is 17.2 Å². The summed E-state index contributed by atoms with van der Waals surface area (Å²) in [5.74, 6) is 1.27. The Hall–Kier alpha value is -2.34. The highest BCUT2D eigenvalue weighted by molar-refractivity contribution is 6.17. The van der Waals surface area contributed by atoms with Crippen molar-refractivity contribution < 1.29 is 14.4 Å². The summed E-state index contributed by atoms with van der Waals surface area (Å²) in [6, 6.07) is 6.08. The van der Waals surface area contributed by atoms with Gasteiger partial charge in [0.1, 0.15) is 11.5 Å². The van der Waals surface area contributed by atoms with Crippen LogP contribution in [0.25, 0.3) is 0 Å². The lowest BCUT2D eigenvalue weighted by Crippen LogP contribution is -1.95. The number of pyridine rings is 1. The molecular formula is C13H11ClN2O4. The SMILES string of the molecule is COc1ccc(Oc2cncc(CCl)c2)cc1[N+](=O)[O-]. The van der Waals surface area contributed by atoms with E-state index in [0.717, 1.165) is 5.56 Å². The number of aromatic nitrogens is 1. The van der Waals surface area contributed by atoms with Crippen LogP contribution in [0.4, 0.5) is 5.69 Å². The molecule has 1 heterocycles. The van der Waals surface area contributed by atoms with Crippen molar-refractivity contribution in [2.75, 3.05) is 7.11 Å². The molecule has 2 rings (SSSR count). The average molecular weight is 295 g/mol. The zero-order valence-electron chi connectivity index (χ0n) is 10.6. The molecule has 0 atom stereocenters. The molecule has 0 saturated heterocycles. The zero-order valence-corrected chi connectivity index (χ0v) is 11.3. The number of methoxy groups -OCH3 is 1. The fourth-order valence-electron chi connectivity index (χ4n) is 1.60. The molecule has 20 heavy (non-hydrogen) atoms. The van der Waals surface area contributed by atoms with Gasteiger partial charge in [-0.05, 0) is 23.8 Å². The molecule has 0 aliphatic rings. The minimum atomic E-state index is -0.529. The standard InChI is InChI=1S/C13H11ClN2O4/c1-19-13-3-2-10(5-12(13)16(17)18)20-11-4-9(6-14)7-15-8-11/h2-5,7-8H,6H2,1H3. The van der Waals surface area contributed by atoms with Gasteiger partial charge in [0.05, 0.1) is 24.3 Å². The van der Waals surface area contributed by atoms with Crippen LogP contribution in [0.2, 0.25) is 0 Å². The van der Waals surface area contributed by atoms with Crippen molar-refractivity contribution in [3.63, 3.8) is 0 Å². The Morgan fingerprint density at radius 2 is 2.10 bits per heavy atom. The summed E-state index contributed by atoms with van der Waals surface area (Å²) in [7, 11) is 1.37. The van der Waals surface area contributed by atoms with Gasteiger partial charge in [-0.15, -0.1) is 11.6 Å². The van der Waals surface area contributed by atoms with E-state index in [9.17, 15) is 10.1 Å². The van der Waals surface area contributed by atoms with Gasteiger partial charge < -0.3 is 9.47 Å². The quantitative estimate of drug-likeness (QED) is 0.479. The topological polar surface area (TPSA) is 74.5 Å². The number of alkyl halides is 1. The molecule has 6 nitrogen and oxygen atoms in total. The van der Waals surface area contributed by atoms with E-state index >= 15 is 0 Å². The monoisotopic (exact) mass is 294 g/mol.